The lowest BCUT2D eigenvalue weighted by Crippen LogP contribution is -2.25. The molecule has 0 spiro atoms. The van der Waals surface area contributed by atoms with Crippen LogP contribution in [0.5, 0.6) is 0 Å². The molecule has 0 N–H and O–H groups in total. The minimum absolute atomic E-state index is 0.0160. The van der Waals surface area contributed by atoms with Crippen LogP contribution in [0.4, 0.5) is 4.39 Å². The third-order valence-corrected chi connectivity index (χ3v) is 5.74. The second-order valence-electron chi connectivity index (χ2n) is 5.64. The monoisotopic (exact) mass is 349 g/mol. The van der Waals surface area contributed by atoms with Gasteiger partial charge in [-0.25, -0.2) is 9.07 Å². The van der Waals surface area contributed by atoms with Gasteiger partial charge in [0.05, 0.1) is 11.9 Å². The molecule has 0 saturated carbocycles. The zero-order valence-electron chi connectivity index (χ0n) is 12.2. The highest BCUT2D eigenvalue weighted by atomic mass is 35.5. The largest absolute Gasteiger partial charge is 0.279 e. The van der Waals surface area contributed by atoms with Crippen molar-refractivity contribution in [1.82, 2.24) is 15.0 Å². The van der Waals surface area contributed by atoms with Crippen molar-refractivity contribution in [2.75, 3.05) is 0 Å². The van der Waals surface area contributed by atoms with E-state index in [9.17, 15) is 9.18 Å². The van der Waals surface area contributed by atoms with E-state index in [0.717, 1.165) is 31.2 Å². The molecule has 2 aromatic heterocycles. The predicted molar refractivity (Wildman–Crippen MR) is 88.8 cm³/mol. The summed E-state index contributed by atoms with van der Waals surface area (Å²) in [5, 5.41) is 9.06. The molecule has 0 amide bonds. The van der Waals surface area contributed by atoms with Gasteiger partial charge in [-0.15, -0.1) is 16.4 Å². The number of hydrogen-bond acceptors (Lipinski definition) is 4. The van der Waals surface area contributed by atoms with Crippen molar-refractivity contribution in [3.05, 3.63) is 55.4 Å². The number of aromatic nitrogens is 3. The Hall–Kier alpha value is -1.79. The van der Waals surface area contributed by atoms with Crippen molar-refractivity contribution in [2.24, 2.45) is 0 Å². The van der Waals surface area contributed by atoms with Gasteiger partial charge in [-0.1, -0.05) is 22.9 Å². The van der Waals surface area contributed by atoms with Crippen LogP contribution in [0.3, 0.4) is 0 Å². The Balaban J connectivity index is 1.85. The number of hydrogen-bond donors (Lipinski definition) is 0. The summed E-state index contributed by atoms with van der Waals surface area (Å²) >= 11 is 7.59. The highest BCUT2D eigenvalue weighted by Gasteiger charge is 2.21. The fourth-order valence-electron chi connectivity index (χ4n) is 3.04. The van der Waals surface area contributed by atoms with Crippen LogP contribution in [0.2, 0.25) is 5.02 Å². The van der Waals surface area contributed by atoms with Crippen LogP contribution >= 0.6 is 22.9 Å². The first-order valence-corrected chi connectivity index (χ1v) is 8.65. The normalized spacial score (nSPS) is 14.2. The van der Waals surface area contributed by atoms with Crippen molar-refractivity contribution >= 4 is 33.2 Å². The van der Waals surface area contributed by atoms with Crippen LogP contribution in [0.15, 0.2) is 23.0 Å². The molecular formula is C16H13ClFN3OS. The van der Waals surface area contributed by atoms with E-state index in [-0.39, 0.29) is 22.7 Å². The Kier molecular flexibility index (Phi) is 3.66. The molecule has 0 atom stereocenters. The van der Waals surface area contributed by atoms with Gasteiger partial charge in [0, 0.05) is 15.5 Å². The first-order valence-electron chi connectivity index (χ1n) is 7.46. The highest BCUT2D eigenvalue weighted by Crippen LogP contribution is 2.33. The summed E-state index contributed by atoms with van der Waals surface area (Å²) in [6.07, 6.45) is 4.12. The molecule has 2 heterocycles. The SMILES string of the molecule is O=c1c2c3c(sc2nnn1Cc1c(F)cccc1Cl)CCCC3. The van der Waals surface area contributed by atoms with Gasteiger partial charge in [-0.3, -0.25) is 4.79 Å². The smallest absolute Gasteiger partial charge is 0.267 e. The van der Waals surface area contributed by atoms with Gasteiger partial charge in [0.25, 0.3) is 5.56 Å². The number of nitrogens with zero attached hydrogens (tertiary/aromatic N) is 3. The molecule has 7 heteroatoms. The van der Waals surface area contributed by atoms with Crippen molar-refractivity contribution in [2.45, 2.75) is 32.2 Å². The minimum Gasteiger partial charge on any atom is -0.267 e. The molecule has 0 unspecified atom stereocenters. The van der Waals surface area contributed by atoms with E-state index in [1.165, 1.54) is 21.7 Å². The maximum Gasteiger partial charge on any atom is 0.279 e. The van der Waals surface area contributed by atoms with Gasteiger partial charge in [-0.05, 0) is 43.4 Å². The molecule has 4 nitrogen and oxygen atoms in total. The summed E-state index contributed by atoms with van der Waals surface area (Å²) in [7, 11) is 0. The number of aryl methyl sites for hydroxylation is 2. The van der Waals surface area contributed by atoms with E-state index < -0.39 is 5.82 Å². The Morgan fingerprint density at radius 2 is 2.13 bits per heavy atom. The second kappa shape index (κ2) is 5.69. The summed E-state index contributed by atoms with van der Waals surface area (Å²) in [6.45, 7) is -0.0160. The predicted octanol–water partition coefficient (Wildman–Crippen LogP) is 3.57. The molecule has 1 aromatic carbocycles. The summed E-state index contributed by atoms with van der Waals surface area (Å²) < 4.78 is 15.2. The van der Waals surface area contributed by atoms with E-state index in [1.807, 2.05) is 0 Å². The van der Waals surface area contributed by atoms with E-state index in [4.69, 9.17) is 11.6 Å². The zero-order chi connectivity index (χ0) is 16.0. The maximum absolute atomic E-state index is 13.9. The van der Waals surface area contributed by atoms with Gasteiger partial charge >= 0.3 is 0 Å². The zero-order valence-corrected chi connectivity index (χ0v) is 13.8. The van der Waals surface area contributed by atoms with Crippen LogP contribution in [0.1, 0.15) is 28.8 Å². The Morgan fingerprint density at radius 3 is 2.96 bits per heavy atom. The molecule has 0 saturated heterocycles. The average Bonchev–Trinajstić information content (AvgIpc) is 2.92. The first kappa shape index (κ1) is 14.8. The number of halogens is 2. The molecule has 0 bridgehead atoms. The molecular weight excluding hydrogens is 337 g/mol. The summed E-state index contributed by atoms with van der Waals surface area (Å²) in [4.78, 5) is 14.7. The molecule has 23 heavy (non-hydrogen) atoms. The quantitative estimate of drug-likeness (QED) is 0.710. The summed E-state index contributed by atoms with van der Waals surface area (Å²) in [5.41, 5.74) is 1.15. The Morgan fingerprint density at radius 1 is 1.30 bits per heavy atom. The molecule has 118 valence electrons. The molecule has 0 aliphatic heterocycles. The number of rotatable bonds is 2. The molecule has 0 fully saturated rings. The van der Waals surface area contributed by atoms with Crippen LogP contribution < -0.4 is 5.56 Å². The third kappa shape index (κ3) is 2.46. The second-order valence-corrected chi connectivity index (χ2v) is 7.13. The number of thiophene rings is 1. The summed E-state index contributed by atoms with van der Waals surface area (Å²) in [6, 6.07) is 4.46. The summed E-state index contributed by atoms with van der Waals surface area (Å²) in [5.74, 6) is -0.446. The van der Waals surface area contributed by atoms with Gasteiger partial charge in [-0.2, -0.15) is 0 Å². The Bertz CT molecular complexity index is 946. The van der Waals surface area contributed by atoms with E-state index >= 15 is 0 Å². The third-order valence-electron chi connectivity index (χ3n) is 4.21. The van der Waals surface area contributed by atoms with Gasteiger partial charge < -0.3 is 0 Å². The number of benzene rings is 1. The fourth-order valence-corrected chi connectivity index (χ4v) is 4.46. The average molecular weight is 350 g/mol. The van der Waals surface area contributed by atoms with Crippen LogP contribution in [0.25, 0.3) is 10.2 Å². The lowest BCUT2D eigenvalue weighted by atomic mass is 9.97. The maximum atomic E-state index is 13.9. The molecule has 0 radical (unpaired) electrons. The lowest BCUT2D eigenvalue weighted by molar-refractivity contribution is 0.557. The van der Waals surface area contributed by atoms with Gasteiger partial charge in [0.15, 0.2) is 4.83 Å². The topological polar surface area (TPSA) is 47.8 Å². The number of fused-ring (bicyclic) bond motifs is 3. The standard InChI is InChI=1S/C16H13ClFN3OS/c17-11-5-3-6-12(18)10(11)8-21-16(22)14-9-4-1-2-7-13(9)23-15(14)19-20-21/h3,5-6H,1-2,4,7-8H2. The lowest BCUT2D eigenvalue weighted by Gasteiger charge is -2.10. The van der Waals surface area contributed by atoms with Crippen molar-refractivity contribution in [3.8, 4) is 0 Å². The van der Waals surface area contributed by atoms with Crippen molar-refractivity contribution in [3.63, 3.8) is 0 Å². The van der Waals surface area contributed by atoms with Crippen LogP contribution in [0, 0.1) is 5.82 Å². The minimum atomic E-state index is -0.446. The molecule has 3 aromatic rings. The van der Waals surface area contributed by atoms with Crippen LogP contribution in [-0.2, 0) is 19.4 Å². The van der Waals surface area contributed by atoms with E-state index in [1.54, 1.807) is 17.4 Å². The van der Waals surface area contributed by atoms with E-state index in [2.05, 4.69) is 10.3 Å². The molecule has 1 aliphatic rings. The van der Waals surface area contributed by atoms with Crippen molar-refractivity contribution in [1.29, 1.82) is 0 Å². The van der Waals surface area contributed by atoms with Crippen molar-refractivity contribution < 1.29 is 4.39 Å². The van der Waals surface area contributed by atoms with Crippen LogP contribution in [-0.4, -0.2) is 15.0 Å². The fraction of sp³-hybridized carbons (Fsp3) is 0.312. The molecule has 1 aliphatic carbocycles. The van der Waals surface area contributed by atoms with Gasteiger partial charge in [0.1, 0.15) is 5.82 Å². The van der Waals surface area contributed by atoms with E-state index in [0.29, 0.717) is 10.2 Å². The molecule has 4 rings (SSSR count). The highest BCUT2D eigenvalue weighted by molar-refractivity contribution is 7.18. The van der Waals surface area contributed by atoms with Gasteiger partial charge in [0.2, 0.25) is 0 Å². The first-order chi connectivity index (χ1) is 11.1. The Labute approximate surface area is 140 Å².